The minimum Gasteiger partial charge on any atom is -0.488 e. The fraction of sp³-hybridized carbons (Fsp3) is 0.0833. The third-order valence-electron chi connectivity index (χ3n) is 4.78. The molecule has 0 atom stereocenters. The summed E-state index contributed by atoms with van der Waals surface area (Å²) in [4.78, 5) is 26.0. The van der Waals surface area contributed by atoms with Gasteiger partial charge in [0.25, 0.3) is 5.91 Å². The van der Waals surface area contributed by atoms with Crippen molar-refractivity contribution in [2.45, 2.75) is 13.2 Å². The van der Waals surface area contributed by atoms with Crippen molar-refractivity contribution in [3.05, 3.63) is 106 Å². The lowest BCUT2D eigenvalue weighted by Crippen LogP contribution is -2.30. The third kappa shape index (κ3) is 4.75. The Hall–Kier alpha value is -3.64. The van der Waals surface area contributed by atoms with Crippen LogP contribution in [0.5, 0.6) is 5.75 Å². The van der Waals surface area contributed by atoms with E-state index in [0.717, 1.165) is 10.5 Å². The molecule has 1 saturated heterocycles. The monoisotopic (exact) mass is 436 g/mol. The van der Waals surface area contributed by atoms with Gasteiger partial charge in [-0.15, -0.1) is 0 Å². The SMILES string of the molecule is O=C1NC(=Cc2ccccc2OCc2ccc(Cl)cc2)C(=O)N1Cc1ccccc1F. The first-order valence-corrected chi connectivity index (χ1v) is 9.93. The van der Waals surface area contributed by atoms with Gasteiger partial charge in [0.15, 0.2) is 0 Å². The number of nitrogens with one attached hydrogen (secondary N) is 1. The zero-order valence-corrected chi connectivity index (χ0v) is 17.1. The summed E-state index contributed by atoms with van der Waals surface area (Å²) < 4.78 is 19.8. The smallest absolute Gasteiger partial charge is 0.329 e. The summed E-state index contributed by atoms with van der Waals surface area (Å²) in [5, 5.41) is 3.20. The summed E-state index contributed by atoms with van der Waals surface area (Å²) in [5.41, 5.74) is 1.93. The normalized spacial score (nSPS) is 14.8. The zero-order chi connectivity index (χ0) is 21.8. The lowest BCUT2D eigenvalue weighted by molar-refractivity contribution is -0.123. The second-order valence-electron chi connectivity index (χ2n) is 6.92. The van der Waals surface area contributed by atoms with Crippen LogP contribution in [0.1, 0.15) is 16.7 Å². The predicted molar refractivity (Wildman–Crippen MR) is 116 cm³/mol. The summed E-state index contributed by atoms with van der Waals surface area (Å²) in [6.07, 6.45) is 1.55. The molecule has 1 aliphatic heterocycles. The molecule has 156 valence electrons. The van der Waals surface area contributed by atoms with Gasteiger partial charge in [0.1, 0.15) is 23.9 Å². The number of amides is 3. The van der Waals surface area contributed by atoms with Gasteiger partial charge in [-0.2, -0.15) is 0 Å². The van der Waals surface area contributed by atoms with Gasteiger partial charge >= 0.3 is 6.03 Å². The molecule has 3 aromatic carbocycles. The molecule has 0 spiro atoms. The molecular weight excluding hydrogens is 419 g/mol. The molecule has 1 fully saturated rings. The first-order valence-electron chi connectivity index (χ1n) is 9.55. The number of para-hydroxylation sites is 1. The average molecular weight is 437 g/mol. The summed E-state index contributed by atoms with van der Waals surface area (Å²) in [5.74, 6) is -0.443. The maximum absolute atomic E-state index is 13.9. The van der Waals surface area contributed by atoms with Gasteiger partial charge in [0.2, 0.25) is 0 Å². The molecule has 7 heteroatoms. The summed E-state index contributed by atoms with van der Waals surface area (Å²) in [6.45, 7) is 0.167. The molecule has 0 aromatic heterocycles. The number of carbonyl (C=O) groups excluding carboxylic acids is 2. The van der Waals surface area contributed by atoms with Crippen molar-refractivity contribution in [3.63, 3.8) is 0 Å². The van der Waals surface area contributed by atoms with Crippen LogP contribution >= 0.6 is 11.6 Å². The van der Waals surface area contributed by atoms with E-state index in [-0.39, 0.29) is 17.8 Å². The first kappa shape index (κ1) is 20.6. The Bertz CT molecular complexity index is 1160. The number of rotatable bonds is 6. The number of imide groups is 1. The zero-order valence-electron chi connectivity index (χ0n) is 16.3. The molecule has 0 saturated carbocycles. The highest BCUT2D eigenvalue weighted by Gasteiger charge is 2.34. The molecule has 0 radical (unpaired) electrons. The van der Waals surface area contributed by atoms with Crippen LogP contribution in [0.2, 0.25) is 5.02 Å². The first-order chi connectivity index (χ1) is 15.0. The largest absolute Gasteiger partial charge is 0.488 e. The van der Waals surface area contributed by atoms with Crippen molar-refractivity contribution in [2.75, 3.05) is 0 Å². The summed E-state index contributed by atoms with van der Waals surface area (Å²) in [6, 6.07) is 19.9. The van der Waals surface area contributed by atoms with Gasteiger partial charge in [0.05, 0.1) is 6.54 Å². The molecule has 5 nitrogen and oxygen atoms in total. The second kappa shape index (κ2) is 9.02. The number of benzene rings is 3. The third-order valence-corrected chi connectivity index (χ3v) is 5.03. The highest BCUT2D eigenvalue weighted by molar-refractivity contribution is 6.30. The number of ether oxygens (including phenoxy) is 1. The predicted octanol–water partition coefficient (Wildman–Crippen LogP) is 5.15. The minimum absolute atomic E-state index is 0.101. The Morgan fingerprint density at radius 2 is 1.68 bits per heavy atom. The molecule has 4 rings (SSSR count). The highest BCUT2D eigenvalue weighted by atomic mass is 35.5. The fourth-order valence-corrected chi connectivity index (χ4v) is 3.27. The van der Waals surface area contributed by atoms with Crippen LogP contribution in [-0.2, 0) is 17.9 Å². The maximum Gasteiger partial charge on any atom is 0.329 e. The molecule has 3 aromatic rings. The molecule has 1 aliphatic rings. The van der Waals surface area contributed by atoms with Crippen molar-refractivity contribution in [1.82, 2.24) is 10.2 Å². The number of urea groups is 1. The van der Waals surface area contributed by atoms with Gasteiger partial charge < -0.3 is 10.1 Å². The van der Waals surface area contributed by atoms with Gasteiger partial charge in [-0.05, 0) is 35.9 Å². The van der Waals surface area contributed by atoms with Crippen LogP contribution in [0.4, 0.5) is 9.18 Å². The van der Waals surface area contributed by atoms with E-state index in [1.807, 2.05) is 18.2 Å². The van der Waals surface area contributed by atoms with Crippen molar-refractivity contribution in [2.24, 2.45) is 0 Å². The Kier molecular flexibility index (Phi) is 6.00. The Morgan fingerprint density at radius 1 is 0.968 bits per heavy atom. The van der Waals surface area contributed by atoms with E-state index in [1.165, 1.54) is 12.1 Å². The van der Waals surface area contributed by atoms with Crippen LogP contribution in [-0.4, -0.2) is 16.8 Å². The Morgan fingerprint density at radius 3 is 2.45 bits per heavy atom. The number of hydrogen-bond acceptors (Lipinski definition) is 3. The van der Waals surface area contributed by atoms with Gasteiger partial charge in [-0.25, -0.2) is 9.18 Å². The topological polar surface area (TPSA) is 58.6 Å². The fourth-order valence-electron chi connectivity index (χ4n) is 3.14. The highest BCUT2D eigenvalue weighted by Crippen LogP contribution is 2.25. The lowest BCUT2D eigenvalue weighted by Gasteiger charge is -2.12. The van der Waals surface area contributed by atoms with E-state index < -0.39 is 17.8 Å². The maximum atomic E-state index is 13.9. The van der Waals surface area contributed by atoms with Gasteiger partial charge in [-0.3, -0.25) is 9.69 Å². The van der Waals surface area contributed by atoms with E-state index in [0.29, 0.717) is 22.9 Å². The van der Waals surface area contributed by atoms with Crippen molar-refractivity contribution in [1.29, 1.82) is 0 Å². The average Bonchev–Trinajstić information content (AvgIpc) is 3.03. The van der Waals surface area contributed by atoms with Crippen LogP contribution in [0, 0.1) is 5.82 Å². The molecule has 0 aliphatic carbocycles. The molecule has 1 heterocycles. The summed E-state index contributed by atoms with van der Waals surface area (Å²) >= 11 is 5.91. The lowest BCUT2D eigenvalue weighted by atomic mass is 10.1. The van der Waals surface area contributed by atoms with Gasteiger partial charge in [0, 0.05) is 16.1 Å². The number of carbonyl (C=O) groups is 2. The standard InChI is InChI=1S/C24H18ClFN2O3/c25-19-11-9-16(10-12-19)15-31-22-8-4-2-5-17(22)13-21-23(29)28(24(30)27-21)14-18-6-1-3-7-20(18)26/h1-13H,14-15H2,(H,27,30). The summed E-state index contributed by atoms with van der Waals surface area (Å²) in [7, 11) is 0. The quantitative estimate of drug-likeness (QED) is 0.429. The number of halogens is 2. The van der Waals surface area contributed by atoms with Crippen LogP contribution in [0.25, 0.3) is 6.08 Å². The van der Waals surface area contributed by atoms with Gasteiger partial charge in [-0.1, -0.05) is 60.1 Å². The molecule has 1 N–H and O–H groups in total. The van der Waals surface area contributed by atoms with Crippen molar-refractivity contribution in [3.8, 4) is 5.75 Å². The molecule has 0 unspecified atom stereocenters. The molecule has 31 heavy (non-hydrogen) atoms. The second-order valence-corrected chi connectivity index (χ2v) is 7.36. The van der Waals surface area contributed by atoms with Crippen LogP contribution < -0.4 is 10.1 Å². The molecule has 0 bridgehead atoms. The van der Waals surface area contributed by atoms with E-state index >= 15 is 0 Å². The van der Waals surface area contributed by atoms with E-state index in [1.54, 1.807) is 48.5 Å². The van der Waals surface area contributed by atoms with Crippen molar-refractivity contribution >= 4 is 29.6 Å². The number of hydrogen-bond donors (Lipinski definition) is 1. The van der Waals surface area contributed by atoms with Crippen LogP contribution in [0.3, 0.4) is 0 Å². The van der Waals surface area contributed by atoms with E-state index in [9.17, 15) is 14.0 Å². The van der Waals surface area contributed by atoms with Crippen LogP contribution in [0.15, 0.2) is 78.5 Å². The minimum atomic E-state index is -0.598. The molecular formula is C24H18ClFN2O3. The molecule has 3 amide bonds. The van der Waals surface area contributed by atoms with Crippen molar-refractivity contribution < 1.29 is 18.7 Å². The van der Waals surface area contributed by atoms with E-state index in [4.69, 9.17) is 16.3 Å². The van der Waals surface area contributed by atoms with E-state index in [2.05, 4.69) is 5.32 Å². The number of nitrogens with zero attached hydrogens (tertiary/aromatic N) is 1. The Balaban J connectivity index is 1.52. The Labute approximate surface area is 183 Å².